The minimum Gasteiger partial charge on any atom is -0.252 e. The molecule has 4 aliphatic carbocycles. The molecule has 0 amide bonds. The van der Waals surface area contributed by atoms with Gasteiger partial charge < -0.3 is 0 Å². The highest BCUT2D eigenvalue weighted by molar-refractivity contribution is 6.11. The Morgan fingerprint density at radius 1 is 0.180 bits per heavy atom. The molecule has 20 aromatic rings. The van der Waals surface area contributed by atoms with E-state index < -0.39 is 0 Å². The topological polar surface area (TPSA) is 92.9 Å². The van der Waals surface area contributed by atoms with Gasteiger partial charge in [0, 0.05) is 11.1 Å². The minimum absolute atomic E-state index is 0.911. The molecule has 0 radical (unpaired) electrons. The van der Waals surface area contributed by atoms with Gasteiger partial charge in [-0.05, 0) is 241 Å². The first-order valence-electron chi connectivity index (χ1n) is 43.5. The molecule has 128 heavy (non-hydrogen) atoms. The van der Waals surface area contributed by atoms with Gasteiger partial charge in [0.25, 0.3) is 24.3 Å². The summed E-state index contributed by atoms with van der Waals surface area (Å²) < 4.78 is 8.29. The number of fused-ring (bicyclic) bond motifs is 32. The predicted octanol–water partition coefficient (Wildman–Crippen LogP) is 26.2. The number of benzene rings is 16. The molecule has 0 atom stereocenters. The summed E-state index contributed by atoms with van der Waals surface area (Å²) in [6.45, 7) is 8.73. The summed E-state index contributed by atoms with van der Waals surface area (Å²) in [6.07, 6.45) is 18.5. The van der Waals surface area contributed by atoms with E-state index in [1.165, 1.54) is 211 Å². The smallest absolute Gasteiger partial charge is 0.252 e. The van der Waals surface area contributed by atoms with Crippen molar-refractivity contribution in [3.05, 3.63) is 424 Å². The second kappa shape index (κ2) is 33.4. The maximum absolute atomic E-state index is 4.70. The Bertz CT molecular complexity index is 7250. The van der Waals surface area contributed by atoms with E-state index in [0.717, 1.165) is 34.2 Å². The van der Waals surface area contributed by atoms with Gasteiger partial charge in [-0.2, -0.15) is 9.13 Å². The predicted molar refractivity (Wildman–Crippen MR) is 519 cm³/mol. The van der Waals surface area contributed by atoms with Crippen LogP contribution in [0, 0.1) is 27.7 Å². The maximum atomic E-state index is 4.70. The van der Waals surface area contributed by atoms with Crippen LogP contribution in [-0.4, -0.2) is 29.9 Å². The summed E-state index contributed by atoms with van der Waals surface area (Å²) in [5, 5.41) is 0. The lowest BCUT2D eigenvalue weighted by Crippen LogP contribution is -2.32. The molecule has 608 valence electrons. The van der Waals surface area contributed by atoms with Gasteiger partial charge in [0.15, 0.2) is 12.4 Å². The van der Waals surface area contributed by atoms with Crippen LogP contribution < -0.4 is 18.3 Å². The van der Waals surface area contributed by atoms with Crippen molar-refractivity contribution in [1.29, 1.82) is 0 Å². The van der Waals surface area contributed by atoms with Crippen LogP contribution in [0.4, 0.5) is 0 Å². The van der Waals surface area contributed by atoms with Crippen LogP contribution in [0.5, 0.6) is 0 Å². The quantitative estimate of drug-likeness (QED) is 0.163. The minimum atomic E-state index is 0.911. The number of aryl methyl sites for hydroxylation is 8. The average Bonchev–Trinajstić information content (AvgIpc) is 0.784. The van der Waals surface area contributed by atoms with Crippen LogP contribution in [0.25, 0.3) is 223 Å². The lowest BCUT2D eigenvalue weighted by atomic mass is 9.78. The first kappa shape index (κ1) is 78.9. The van der Waals surface area contributed by atoms with Crippen LogP contribution in [0.15, 0.2) is 402 Å². The molecule has 0 fully saturated rings. The van der Waals surface area contributed by atoms with Crippen LogP contribution in [0.1, 0.15) is 22.3 Å². The molecule has 4 aliphatic rings. The molecule has 16 aromatic carbocycles. The highest BCUT2D eigenvalue weighted by Gasteiger charge is 2.33. The Kier molecular flexibility index (Phi) is 20.6. The normalized spacial score (nSPS) is 11.4. The molecular formula is C118H90N10+4. The Balaban J connectivity index is 0.000000104. The molecule has 0 saturated carbocycles. The third kappa shape index (κ3) is 13.9. The standard InChI is InChI=1S/2C30H23N2.2C29H22N3/c1-20-17-28-25-13-7-5-11-23(25)21-9-3-4-10-22(21)24-12-6-8-14-26(24)29(28)18-27(20)30-19-31-15-16-32(30)2;1-20-15-16-27-25-13-6-5-11-23(25)21-9-3-4-10-22(21)24-12-7-8-14-26(24)30(27)29(20)28-19-31-17-18-32(28)2;1-19-15-27-24-13-7-5-11-22(24)20-9-3-4-10-21(20)23-12-6-8-14-25(23)28(27)16-26(19)29-31-17-30-18-32(29)2;1-19-15-16-26-24-13-6-5-11-22(24)20-9-3-4-10-21(20)23-12-7-8-14-25(23)28(26)27(19)29-31-17-30-18-32(29)2/h2*3-19H,1-2H3;2*3-18H,1-2H3/q4*+1. The lowest BCUT2D eigenvalue weighted by Gasteiger charge is -2.25. The zero-order valence-corrected chi connectivity index (χ0v) is 72.6. The van der Waals surface area contributed by atoms with Gasteiger partial charge in [-0.15, -0.1) is 0 Å². The third-order valence-corrected chi connectivity index (χ3v) is 25.8. The number of nitrogens with zero attached hydrogens (tertiary/aromatic N) is 10. The van der Waals surface area contributed by atoms with E-state index in [4.69, 9.17) is 4.98 Å². The summed E-state index contributed by atoms with van der Waals surface area (Å²) in [5.74, 6) is 1.82. The molecule has 4 heterocycles. The van der Waals surface area contributed by atoms with Crippen LogP contribution in [0.2, 0.25) is 0 Å². The van der Waals surface area contributed by atoms with Crippen LogP contribution >= 0.6 is 0 Å². The summed E-state index contributed by atoms with van der Waals surface area (Å²) in [4.78, 5) is 26.5. The van der Waals surface area contributed by atoms with Crippen molar-refractivity contribution >= 4 is 0 Å². The largest absolute Gasteiger partial charge is 0.273 e. The first-order valence-corrected chi connectivity index (χ1v) is 43.5. The Hall–Kier alpha value is -16.3. The van der Waals surface area contributed by atoms with Crippen molar-refractivity contribution in [1.82, 2.24) is 29.9 Å². The highest BCUT2D eigenvalue weighted by atomic mass is 15.1. The van der Waals surface area contributed by atoms with E-state index in [9.17, 15) is 0 Å². The van der Waals surface area contributed by atoms with E-state index in [-0.39, 0.29) is 0 Å². The van der Waals surface area contributed by atoms with E-state index in [1.54, 1.807) is 19.0 Å². The van der Waals surface area contributed by atoms with Gasteiger partial charge in [-0.3, -0.25) is 9.97 Å². The van der Waals surface area contributed by atoms with Gasteiger partial charge in [0.1, 0.15) is 14.1 Å². The van der Waals surface area contributed by atoms with Crippen molar-refractivity contribution in [2.45, 2.75) is 27.7 Å². The molecule has 10 nitrogen and oxygen atoms in total. The second-order valence-electron chi connectivity index (χ2n) is 33.4. The van der Waals surface area contributed by atoms with E-state index in [1.807, 2.05) is 66.7 Å². The van der Waals surface area contributed by atoms with E-state index in [2.05, 4.69) is 416 Å². The van der Waals surface area contributed by atoms with Gasteiger partial charge in [-0.1, -0.05) is 335 Å². The van der Waals surface area contributed by atoms with Crippen molar-refractivity contribution in [2.24, 2.45) is 28.2 Å². The average molecular weight is 1650 g/mol. The molecule has 0 spiro atoms. The molecule has 0 unspecified atom stereocenters. The lowest BCUT2D eigenvalue weighted by molar-refractivity contribution is -0.666. The third-order valence-electron chi connectivity index (χ3n) is 25.8. The molecule has 0 bridgehead atoms. The van der Waals surface area contributed by atoms with Crippen molar-refractivity contribution < 1.29 is 18.3 Å². The summed E-state index contributed by atoms with van der Waals surface area (Å²) in [7, 11) is 8.16. The SMILES string of the molecule is Cc1cc2c(cc1-c1cncc[n+]1C)-c1ccccc1-c1ccccc1-c1ccccc1-2.Cc1cc2c(cc1-c1ncnc[n+]1C)-c1ccccc1-c1ccccc1-c1ccccc1-2.Cc1ccc2c(c1-c1cncc[n+]1C)-c1ccccc1-c1ccccc1-c1ccccc1-2.Cc1ccc2c(c1-c1ncnc[n+]1C)-c1ccccc1-c1ccccc1-c1ccccc1-2. The van der Waals surface area contributed by atoms with Crippen molar-refractivity contribution in [2.75, 3.05) is 0 Å². The zero-order chi connectivity index (χ0) is 86.6. The monoisotopic (exact) mass is 1650 g/mol. The number of hydrogen-bond acceptors (Lipinski definition) is 6. The fraction of sp³-hybridized carbons (Fsp3) is 0.0678. The van der Waals surface area contributed by atoms with Gasteiger partial charge >= 0.3 is 0 Å². The van der Waals surface area contributed by atoms with E-state index in [0.29, 0.717) is 0 Å². The highest BCUT2D eigenvalue weighted by Crippen LogP contribution is 2.56. The summed E-state index contributed by atoms with van der Waals surface area (Å²) >= 11 is 0. The van der Waals surface area contributed by atoms with Gasteiger partial charge in [0.2, 0.25) is 24.0 Å². The van der Waals surface area contributed by atoms with Gasteiger partial charge in [0.05, 0.1) is 61.1 Å². The van der Waals surface area contributed by atoms with Crippen molar-refractivity contribution in [3.8, 4) is 223 Å². The molecular weight excluding hydrogens is 1560 g/mol. The second-order valence-corrected chi connectivity index (χ2v) is 33.4. The van der Waals surface area contributed by atoms with E-state index >= 15 is 0 Å². The molecule has 0 N–H and O–H groups in total. The Labute approximate surface area is 746 Å². The number of hydrogen-bond donors (Lipinski definition) is 0. The Morgan fingerprint density at radius 2 is 0.422 bits per heavy atom. The fourth-order valence-electron chi connectivity index (χ4n) is 19.8. The Morgan fingerprint density at radius 3 is 0.734 bits per heavy atom. The zero-order valence-electron chi connectivity index (χ0n) is 72.6. The molecule has 24 rings (SSSR count). The molecule has 0 aliphatic heterocycles. The van der Waals surface area contributed by atoms with Crippen LogP contribution in [-0.2, 0) is 28.2 Å². The molecule has 10 heteroatoms. The molecule has 4 aromatic heterocycles. The van der Waals surface area contributed by atoms with Gasteiger partial charge in [-0.25, -0.2) is 9.13 Å². The number of rotatable bonds is 4. The first-order chi connectivity index (χ1) is 62.9. The molecule has 0 saturated heterocycles. The number of aromatic nitrogens is 10. The summed E-state index contributed by atoms with van der Waals surface area (Å²) in [5.41, 5.74) is 52.0. The fourth-order valence-corrected chi connectivity index (χ4v) is 19.8. The maximum Gasteiger partial charge on any atom is 0.273 e. The summed E-state index contributed by atoms with van der Waals surface area (Å²) in [6, 6.07) is 123. The van der Waals surface area contributed by atoms with Crippen LogP contribution in [0.3, 0.4) is 0 Å². The van der Waals surface area contributed by atoms with Crippen molar-refractivity contribution in [3.63, 3.8) is 0 Å².